The van der Waals surface area contributed by atoms with Crippen LogP contribution < -0.4 is 11.6 Å². The predicted molar refractivity (Wildman–Crippen MR) is 30.4 cm³/mol. The van der Waals surface area contributed by atoms with E-state index in [1.807, 2.05) is 0 Å². The third-order valence-corrected chi connectivity index (χ3v) is 0.615. The van der Waals surface area contributed by atoms with Crippen molar-refractivity contribution in [3.63, 3.8) is 0 Å². The predicted octanol–water partition coefficient (Wildman–Crippen LogP) is -1.86. The van der Waals surface area contributed by atoms with Gasteiger partial charge in [0.2, 0.25) is 5.96 Å². The Morgan fingerprint density at radius 2 is 2.22 bits per heavy atom. The second kappa shape index (κ2) is 2.88. The van der Waals surface area contributed by atoms with E-state index in [9.17, 15) is 4.79 Å². The number of aliphatic carboxylic acids is 1. The summed E-state index contributed by atoms with van der Waals surface area (Å²) in [4.78, 5) is 9.84. The summed E-state index contributed by atoms with van der Waals surface area (Å²) in [5.74, 6) is 3.34. The molecule has 0 bridgehead atoms. The quantitative estimate of drug-likeness (QED) is 0.152. The van der Waals surface area contributed by atoms with Gasteiger partial charge in [-0.1, -0.05) is 0 Å². The van der Waals surface area contributed by atoms with Gasteiger partial charge in [0.1, 0.15) is 6.54 Å². The van der Waals surface area contributed by atoms with Gasteiger partial charge in [-0.05, 0) is 0 Å². The molecule has 0 saturated heterocycles. The molecule has 0 aliphatic heterocycles. The van der Waals surface area contributed by atoms with Crippen LogP contribution in [0.3, 0.4) is 0 Å². The number of rotatable bonds is 2. The lowest BCUT2D eigenvalue weighted by atomic mass is 10.6. The smallest absolute Gasteiger partial charge is 0.324 e. The zero-order chi connectivity index (χ0) is 7.44. The number of carboxylic acid groups (broad SMARTS) is 1. The maximum absolute atomic E-state index is 9.84. The summed E-state index contributed by atoms with van der Waals surface area (Å²) in [5, 5.41) is 15.3. The van der Waals surface area contributed by atoms with Crippen LogP contribution in [0.4, 0.5) is 0 Å². The van der Waals surface area contributed by atoms with Crippen LogP contribution in [-0.4, -0.2) is 28.6 Å². The number of hydrogen-bond donors (Lipinski definition) is 4. The number of hydrazine groups is 1. The first-order valence-electron chi connectivity index (χ1n) is 2.12. The number of carbonyl (C=O) groups is 1. The number of nitrogens with one attached hydrogen (secondary N) is 1. The van der Waals surface area contributed by atoms with Gasteiger partial charge in [-0.25, -0.2) is 5.84 Å². The van der Waals surface area contributed by atoms with Gasteiger partial charge < -0.3 is 10.8 Å². The fraction of sp³-hybridized carbons (Fsp3) is 0.333. The molecule has 0 rings (SSSR count). The lowest BCUT2D eigenvalue weighted by Crippen LogP contribution is -2.44. The average Bonchev–Trinajstić information content (AvgIpc) is 1.63. The standard InChI is InChI=1S/C3H8N4O2/c4-3(5)7(6)1-2(8)9/h1,6H2,(H3,4,5)(H,8,9). The third kappa shape index (κ3) is 3.30. The van der Waals surface area contributed by atoms with Gasteiger partial charge in [-0.15, -0.1) is 0 Å². The monoisotopic (exact) mass is 132 g/mol. The fourth-order valence-electron chi connectivity index (χ4n) is 0.231. The molecule has 0 atom stereocenters. The normalized spacial score (nSPS) is 8.56. The molecule has 0 aliphatic carbocycles. The van der Waals surface area contributed by atoms with Crippen molar-refractivity contribution in [2.45, 2.75) is 0 Å². The second-order valence-electron chi connectivity index (χ2n) is 1.41. The fourth-order valence-corrected chi connectivity index (χ4v) is 0.231. The van der Waals surface area contributed by atoms with Crippen LogP contribution in [0.15, 0.2) is 0 Å². The number of hydrogen-bond acceptors (Lipinski definition) is 3. The molecule has 0 radical (unpaired) electrons. The molecular formula is C3H8N4O2. The summed E-state index contributed by atoms with van der Waals surface area (Å²) >= 11 is 0. The lowest BCUT2D eigenvalue weighted by molar-refractivity contribution is -0.137. The Morgan fingerprint density at radius 3 is 2.33 bits per heavy atom. The molecule has 0 aromatic carbocycles. The maximum atomic E-state index is 9.84. The Labute approximate surface area is 51.5 Å². The van der Waals surface area contributed by atoms with E-state index in [1.165, 1.54) is 0 Å². The van der Waals surface area contributed by atoms with Crippen molar-refractivity contribution in [3.05, 3.63) is 0 Å². The molecule has 6 nitrogen and oxygen atoms in total. The van der Waals surface area contributed by atoms with Crippen LogP contribution in [0.25, 0.3) is 0 Å². The van der Waals surface area contributed by atoms with Gasteiger partial charge in [0, 0.05) is 0 Å². The molecule has 0 unspecified atom stereocenters. The van der Waals surface area contributed by atoms with Crippen molar-refractivity contribution in [1.82, 2.24) is 5.01 Å². The number of carboxylic acids is 1. The maximum Gasteiger partial charge on any atom is 0.324 e. The summed E-state index contributed by atoms with van der Waals surface area (Å²) in [6, 6.07) is 0. The van der Waals surface area contributed by atoms with Crippen LogP contribution in [0.1, 0.15) is 0 Å². The summed E-state index contributed by atoms with van der Waals surface area (Å²) in [6.45, 7) is -0.449. The molecule has 0 aliphatic rings. The number of nitrogens with zero attached hydrogens (tertiary/aromatic N) is 1. The molecule has 0 aromatic heterocycles. The molecule has 0 spiro atoms. The highest BCUT2D eigenvalue weighted by Crippen LogP contribution is 1.72. The van der Waals surface area contributed by atoms with Crippen molar-refractivity contribution in [2.24, 2.45) is 11.6 Å². The molecule has 9 heavy (non-hydrogen) atoms. The lowest BCUT2D eigenvalue weighted by Gasteiger charge is -2.11. The number of guanidine groups is 1. The van der Waals surface area contributed by atoms with Gasteiger partial charge in [0.25, 0.3) is 0 Å². The summed E-state index contributed by atoms with van der Waals surface area (Å²) in [5.41, 5.74) is 4.81. The van der Waals surface area contributed by atoms with Gasteiger partial charge in [-0.2, -0.15) is 0 Å². The van der Waals surface area contributed by atoms with E-state index >= 15 is 0 Å². The second-order valence-corrected chi connectivity index (χ2v) is 1.41. The van der Waals surface area contributed by atoms with Crippen molar-refractivity contribution in [3.8, 4) is 0 Å². The first-order valence-corrected chi connectivity index (χ1v) is 2.12. The van der Waals surface area contributed by atoms with E-state index < -0.39 is 18.5 Å². The molecule has 6 N–H and O–H groups in total. The van der Waals surface area contributed by atoms with Crippen molar-refractivity contribution in [2.75, 3.05) is 6.54 Å². The van der Waals surface area contributed by atoms with E-state index in [0.717, 1.165) is 0 Å². The van der Waals surface area contributed by atoms with Crippen LogP contribution in [0, 0.1) is 5.41 Å². The van der Waals surface area contributed by atoms with Gasteiger partial charge in [-0.3, -0.25) is 15.2 Å². The average molecular weight is 132 g/mol. The highest BCUT2D eigenvalue weighted by Gasteiger charge is 2.03. The largest absolute Gasteiger partial charge is 0.480 e. The zero-order valence-corrected chi connectivity index (χ0v) is 4.66. The van der Waals surface area contributed by atoms with E-state index in [-0.39, 0.29) is 0 Å². The van der Waals surface area contributed by atoms with Crippen molar-refractivity contribution < 1.29 is 9.90 Å². The Kier molecular flexibility index (Phi) is 2.46. The highest BCUT2D eigenvalue weighted by molar-refractivity contribution is 5.79. The van der Waals surface area contributed by atoms with Crippen LogP contribution >= 0.6 is 0 Å². The summed E-state index contributed by atoms with van der Waals surface area (Å²) in [6.07, 6.45) is 0. The SMILES string of the molecule is N=C(N)N(N)CC(=O)O. The zero-order valence-electron chi connectivity index (χ0n) is 4.66. The summed E-state index contributed by atoms with van der Waals surface area (Å²) in [7, 11) is 0. The minimum absolute atomic E-state index is 0.449. The van der Waals surface area contributed by atoms with Crippen molar-refractivity contribution in [1.29, 1.82) is 5.41 Å². The molecule has 0 amide bonds. The molecule has 0 heterocycles. The molecule has 6 heteroatoms. The van der Waals surface area contributed by atoms with E-state index in [1.54, 1.807) is 0 Å². The number of nitrogens with two attached hydrogens (primary N) is 2. The topological polar surface area (TPSA) is 116 Å². The van der Waals surface area contributed by atoms with Crippen LogP contribution in [0.5, 0.6) is 0 Å². The van der Waals surface area contributed by atoms with Gasteiger partial charge in [0.05, 0.1) is 0 Å². The first-order chi connectivity index (χ1) is 4.04. The third-order valence-electron chi connectivity index (χ3n) is 0.615. The minimum atomic E-state index is -1.12. The molecule has 0 fully saturated rings. The minimum Gasteiger partial charge on any atom is -0.480 e. The Bertz CT molecular complexity index is 134. The van der Waals surface area contributed by atoms with Gasteiger partial charge in [0.15, 0.2) is 0 Å². The van der Waals surface area contributed by atoms with Crippen LogP contribution in [0.2, 0.25) is 0 Å². The van der Waals surface area contributed by atoms with Crippen molar-refractivity contribution >= 4 is 11.9 Å². The highest BCUT2D eigenvalue weighted by atomic mass is 16.4. The molecule has 52 valence electrons. The Balaban J connectivity index is 3.63. The molecular weight excluding hydrogens is 124 g/mol. The van der Waals surface area contributed by atoms with E-state index in [4.69, 9.17) is 22.1 Å². The Morgan fingerprint density at radius 1 is 1.78 bits per heavy atom. The van der Waals surface area contributed by atoms with E-state index in [0.29, 0.717) is 5.01 Å². The molecule has 0 saturated carbocycles. The molecule has 0 aromatic rings. The Hall–Kier alpha value is -1.30. The van der Waals surface area contributed by atoms with E-state index in [2.05, 4.69) is 0 Å². The van der Waals surface area contributed by atoms with Gasteiger partial charge >= 0.3 is 5.97 Å². The first kappa shape index (κ1) is 7.70. The van der Waals surface area contributed by atoms with Crippen LogP contribution in [-0.2, 0) is 4.79 Å². The summed E-state index contributed by atoms with van der Waals surface area (Å²) < 4.78 is 0.